The Hall–Kier alpha value is -1.88. The number of thiazole rings is 1. The molecule has 0 radical (unpaired) electrons. The minimum atomic E-state index is -0.150. The van der Waals surface area contributed by atoms with Crippen molar-refractivity contribution in [2.75, 3.05) is 14.2 Å². The Balaban J connectivity index is 1.94. The molecule has 0 aliphatic heterocycles. The van der Waals surface area contributed by atoms with Crippen LogP contribution in [-0.4, -0.2) is 25.2 Å². The predicted octanol–water partition coefficient (Wildman–Crippen LogP) is 3.70. The van der Waals surface area contributed by atoms with E-state index in [0.717, 1.165) is 41.3 Å². The van der Waals surface area contributed by atoms with Crippen LogP contribution in [0, 0.1) is 0 Å². The lowest BCUT2D eigenvalue weighted by Crippen LogP contribution is -1.99. The standard InChI is InChI=1S/C16H19NO3S/c1-19-14-9-5-4-8-13(14)16-17-12(11-21-16)7-3-6-10-15(18)20-2/h4-5,8-9,11H,3,6-7,10H2,1-2H3. The Morgan fingerprint density at radius 1 is 1.24 bits per heavy atom. The third-order valence-corrected chi connectivity index (χ3v) is 4.11. The molecule has 0 bridgehead atoms. The Morgan fingerprint density at radius 2 is 2.05 bits per heavy atom. The van der Waals surface area contributed by atoms with Crippen molar-refractivity contribution in [2.45, 2.75) is 25.7 Å². The van der Waals surface area contributed by atoms with Crippen LogP contribution in [0.25, 0.3) is 10.6 Å². The molecule has 5 heteroatoms. The molecule has 0 unspecified atom stereocenters. The van der Waals surface area contributed by atoms with Crippen LogP contribution >= 0.6 is 11.3 Å². The Morgan fingerprint density at radius 3 is 2.81 bits per heavy atom. The number of aromatic nitrogens is 1. The lowest BCUT2D eigenvalue weighted by molar-refractivity contribution is -0.140. The molecule has 4 nitrogen and oxygen atoms in total. The van der Waals surface area contributed by atoms with Gasteiger partial charge in [-0.05, 0) is 31.4 Å². The highest BCUT2D eigenvalue weighted by molar-refractivity contribution is 7.13. The van der Waals surface area contributed by atoms with Crippen molar-refractivity contribution < 1.29 is 14.3 Å². The van der Waals surface area contributed by atoms with E-state index >= 15 is 0 Å². The fourth-order valence-electron chi connectivity index (χ4n) is 2.04. The van der Waals surface area contributed by atoms with Crippen LogP contribution in [0.5, 0.6) is 5.75 Å². The zero-order chi connectivity index (χ0) is 15.1. The second-order valence-electron chi connectivity index (χ2n) is 4.63. The van der Waals surface area contributed by atoms with Gasteiger partial charge in [-0.15, -0.1) is 11.3 Å². The van der Waals surface area contributed by atoms with Crippen molar-refractivity contribution in [3.8, 4) is 16.3 Å². The van der Waals surface area contributed by atoms with Crippen molar-refractivity contribution in [1.29, 1.82) is 0 Å². The van der Waals surface area contributed by atoms with Gasteiger partial charge in [-0.1, -0.05) is 12.1 Å². The molecule has 0 atom stereocenters. The Labute approximate surface area is 128 Å². The summed E-state index contributed by atoms with van der Waals surface area (Å²) in [7, 11) is 3.09. The summed E-state index contributed by atoms with van der Waals surface area (Å²) in [6, 6.07) is 7.88. The highest BCUT2D eigenvalue weighted by Gasteiger charge is 2.09. The predicted molar refractivity (Wildman–Crippen MR) is 83.7 cm³/mol. The minimum absolute atomic E-state index is 0.150. The molecule has 112 valence electrons. The first-order valence-electron chi connectivity index (χ1n) is 6.89. The molecule has 0 N–H and O–H groups in total. The van der Waals surface area contributed by atoms with Gasteiger partial charge in [0.05, 0.1) is 25.5 Å². The zero-order valence-corrected chi connectivity index (χ0v) is 13.1. The fourth-order valence-corrected chi connectivity index (χ4v) is 2.93. The number of rotatable bonds is 7. The number of hydrogen-bond acceptors (Lipinski definition) is 5. The average molecular weight is 305 g/mol. The average Bonchev–Trinajstić information content (AvgIpc) is 3.00. The van der Waals surface area contributed by atoms with E-state index in [1.807, 2.05) is 24.3 Å². The molecule has 2 rings (SSSR count). The number of esters is 1. The number of carbonyl (C=O) groups is 1. The van der Waals surface area contributed by atoms with Gasteiger partial charge in [0.1, 0.15) is 10.8 Å². The largest absolute Gasteiger partial charge is 0.496 e. The molecule has 1 aromatic carbocycles. The van der Waals surface area contributed by atoms with Crippen LogP contribution in [0.1, 0.15) is 25.0 Å². The number of para-hydroxylation sites is 1. The summed E-state index contributed by atoms with van der Waals surface area (Å²) in [5.41, 5.74) is 2.08. The molecule has 1 heterocycles. The van der Waals surface area contributed by atoms with Gasteiger partial charge < -0.3 is 9.47 Å². The summed E-state index contributed by atoms with van der Waals surface area (Å²) in [4.78, 5) is 15.7. The molecule has 0 spiro atoms. The molecular formula is C16H19NO3S. The number of aryl methyl sites for hydroxylation is 1. The number of unbranched alkanes of at least 4 members (excludes halogenated alkanes) is 1. The van der Waals surface area contributed by atoms with Gasteiger partial charge in [0.2, 0.25) is 0 Å². The van der Waals surface area contributed by atoms with Crippen molar-refractivity contribution in [1.82, 2.24) is 4.98 Å². The molecule has 21 heavy (non-hydrogen) atoms. The molecule has 2 aromatic rings. The fraction of sp³-hybridized carbons (Fsp3) is 0.375. The quantitative estimate of drug-likeness (QED) is 0.578. The van der Waals surface area contributed by atoms with Crippen LogP contribution in [0.2, 0.25) is 0 Å². The molecule has 0 aliphatic rings. The summed E-state index contributed by atoms with van der Waals surface area (Å²) in [6.45, 7) is 0. The summed E-state index contributed by atoms with van der Waals surface area (Å²) in [5.74, 6) is 0.687. The number of ether oxygens (including phenoxy) is 2. The van der Waals surface area contributed by atoms with Crippen LogP contribution in [0.3, 0.4) is 0 Å². The number of benzene rings is 1. The van der Waals surface area contributed by atoms with E-state index in [9.17, 15) is 4.79 Å². The number of nitrogens with zero attached hydrogens (tertiary/aromatic N) is 1. The maximum atomic E-state index is 11.0. The molecule has 0 saturated carbocycles. The van der Waals surface area contributed by atoms with E-state index in [4.69, 9.17) is 4.74 Å². The first kappa shape index (κ1) is 15.5. The first-order chi connectivity index (χ1) is 10.2. The highest BCUT2D eigenvalue weighted by atomic mass is 32.1. The first-order valence-corrected chi connectivity index (χ1v) is 7.77. The van der Waals surface area contributed by atoms with Crippen LogP contribution in [0.15, 0.2) is 29.6 Å². The van der Waals surface area contributed by atoms with E-state index < -0.39 is 0 Å². The number of hydrogen-bond donors (Lipinski definition) is 0. The van der Waals surface area contributed by atoms with Gasteiger partial charge in [0.25, 0.3) is 0 Å². The second-order valence-corrected chi connectivity index (χ2v) is 5.49. The van der Waals surface area contributed by atoms with Gasteiger partial charge >= 0.3 is 5.97 Å². The number of carbonyl (C=O) groups excluding carboxylic acids is 1. The third-order valence-electron chi connectivity index (χ3n) is 3.18. The molecule has 0 aliphatic carbocycles. The maximum absolute atomic E-state index is 11.0. The lowest BCUT2D eigenvalue weighted by Gasteiger charge is -2.04. The van der Waals surface area contributed by atoms with E-state index in [1.54, 1.807) is 18.4 Å². The molecule has 1 aromatic heterocycles. The third kappa shape index (κ3) is 4.29. The lowest BCUT2D eigenvalue weighted by atomic mass is 10.1. The van der Waals surface area contributed by atoms with E-state index in [0.29, 0.717) is 6.42 Å². The summed E-state index contributed by atoms with van der Waals surface area (Å²) in [6.07, 6.45) is 3.11. The maximum Gasteiger partial charge on any atom is 0.305 e. The summed E-state index contributed by atoms with van der Waals surface area (Å²) in [5, 5.41) is 3.04. The normalized spacial score (nSPS) is 10.4. The van der Waals surface area contributed by atoms with Gasteiger partial charge in [-0.2, -0.15) is 0 Å². The van der Waals surface area contributed by atoms with Crippen molar-refractivity contribution in [3.05, 3.63) is 35.3 Å². The Kier molecular flexibility index (Phi) is 5.75. The second kappa shape index (κ2) is 7.78. The topological polar surface area (TPSA) is 48.4 Å². The molecular weight excluding hydrogens is 286 g/mol. The van der Waals surface area contributed by atoms with Gasteiger partial charge in [-0.3, -0.25) is 4.79 Å². The van der Waals surface area contributed by atoms with Crippen LogP contribution in [0.4, 0.5) is 0 Å². The van der Waals surface area contributed by atoms with Gasteiger partial charge in [0, 0.05) is 11.8 Å². The summed E-state index contributed by atoms with van der Waals surface area (Å²) >= 11 is 1.62. The van der Waals surface area contributed by atoms with Crippen LogP contribution < -0.4 is 4.74 Å². The summed E-state index contributed by atoms with van der Waals surface area (Å²) < 4.78 is 9.99. The van der Waals surface area contributed by atoms with Crippen molar-refractivity contribution >= 4 is 17.3 Å². The van der Waals surface area contributed by atoms with Crippen LogP contribution in [-0.2, 0) is 16.0 Å². The smallest absolute Gasteiger partial charge is 0.305 e. The minimum Gasteiger partial charge on any atom is -0.496 e. The van der Waals surface area contributed by atoms with Crippen molar-refractivity contribution in [2.24, 2.45) is 0 Å². The van der Waals surface area contributed by atoms with E-state index in [-0.39, 0.29) is 5.97 Å². The SMILES string of the molecule is COC(=O)CCCCc1csc(-c2ccccc2OC)n1. The molecule has 0 amide bonds. The van der Waals surface area contributed by atoms with Crippen molar-refractivity contribution in [3.63, 3.8) is 0 Å². The highest BCUT2D eigenvalue weighted by Crippen LogP contribution is 2.32. The molecule has 0 saturated heterocycles. The van der Waals surface area contributed by atoms with E-state index in [2.05, 4.69) is 15.1 Å². The van der Waals surface area contributed by atoms with Gasteiger partial charge in [0.15, 0.2) is 0 Å². The van der Waals surface area contributed by atoms with Gasteiger partial charge in [-0.25, -0.2) is 4.98 Å². The zero-order valence-electron chi connectivity index (χ0n) is 12.3. The van der Waals surface area contributed by atoms with E-state index in [1.165, 1.54) is 7.11 Å². The molecule has 0 fully saturated rings. The monoisotopic (exact) mass is 305 g/mol. The Bertz CT molecular complexity index is 595. The number of methoxy groups -OCH3 is 2.